The van der Waals surface area contributed by atoms with E-state index in [1.165, 1.54) is 19.3 Å². The lowest BCUT2D eigenvalue weighted by Crippen LogP contribution is -2.39. The van der Waals surface area contributed by atoms with Crippen LogP contribution < -0.4 is 0 Å². The maximum Gasteiger partial charge on any atom is 0.335 e. The number of rotatable bonds is 5. The van der Waals surface area contributed by atoms with Crippen LogP contribution in [0.25, 0.3) is 0 Å². The molecule has 6 heteroatoms. The molecule has 0 saturated carbocycles. The molecule has 2 unspecified atom stereocenters. The number of aromatic hydroxyl groups is 1. The van der Waals surface area contributed by atoms with Crippen molar-refractivity contribution in [3.63, 3.8) is 0 Å². The van der Waals surface area contributed by atoms with Crippen molar-refractivity contribution in [2.75, 3.05) is 7.11 Å². The number of carboxylic acid groups (broad SMARTS) is 1. The molecule has 2 rings (SSSR count). The maximum absolute atomic E-state index is 12.6. The normalized spacial score (nSPS) is 23.3. The summed E-state index contributed by atoms with van der Waals surface area (Å²) in [5, 5.41) is 19.6. The van der Waals surface area contributed by atoms with Crippen LogP contribution in [-0.2, 0) is 9.53 Å². The molecule has 0 heterocycles. The van der Waals surface area contributed by atoms with Gasteiger partial charge in [-0.2, -0.15) is 0 Å². The summed E-state index contributed by atoms with van der Waals surface area (Å²) in [5.41, 5.74) is 1.85. The molecule has 0 amide bonds. The van der Waals surface area contributed by atoms with E-state index < -0.39 is 17.5 Å². The Morgan fingerprint density at radius 2 is 1.89 bits per heavy atom. The first-order valence-corrected chi connectivity index (χ1v) is 9.21. The van der Waals surface area contributed by atoms with E-state index in [0.717, 1.165) is 5.57 Å². The van der Waals surface area contributed by atoms with Crippen LogP contribution in [0.15, 0.2) is 57.1 Å². The van der Waals surface area contributed by atoms with E-state index in [2.05, 4.69) is 15.9 Å². The zero-order valence-corrected chi connectivity index (χ0v) is 17.5. The van der Waals surface area contributed by atoms with Crippen molar-refractivity contribution in [3.8, 4) is 5.75 Å². The number of phenols is 1. The predicted molar refractivity (Wildman–Crippen MR) is 107 cm³/mol. The van der Waals surface area contributed by atoms with Gasteiger partial charge in [0, 0.05) is 17.0 Å². The number of ketones is 1. The van der Waals surface area contributed by atoms with E-state index in [1.54, 1.807) is 32.1 Å². The van der Waals surface area contributed by atoms with Crippen molar-refractivity contribution in [2.45, 2.75) is 33.8 Å². The SMILES string of the molecule is COC1C(C)=C(C(=O)O)C(C)=C(C)C1(C)C=CC(=O)c1ccc(Br)cc1O. The van der Waals surface area contributed by atoms with Crippen LogP contribution in [0.3, 0.4) is 0 Å². The van der Waals surface area contributed by atoms with Crippen LogP contribution in [0.2, 0.25) is 0 Å². The van der Waals surface area contributed by atoms with E-state index in [-0.39, 0.29) is 22.7 Å². The first-order valence-electron chi connectivity index (χ1n) is 8.41. The molecule has 1 aliphatic carbocycles. The summed E-state index contributed by atoms with van der Waals surface area (Å²) in [7, 11) is 1.52. The molecule has 1 aromatic rings. The molecule has 2 N–H and O–H groups in total. The Labute approximate surface area is 167 Å². The van der Waals surface area contributed by atoms with Crippen molar-refractivity contribution in [1.82, 2.24) is 0 Å². The number of halogens is 1. The molecule has 0 radical (unpaired) electrons. The van der Waals surface area contributed by atoms with Gasteiger partial charge in [-0.15, -0.1) is 0 Å². The minimum absolute atomic E-state index is 0.108. The van der Waals surface area contributed by atoms with E-state index >= 15 is 0 Å². The maximum atomic E-state index is 12.6. The second-order valence-corrected chi connectivity index (χ2v) is 7.79. The van der Waals surface area contributed by atoms with E-state index in [4.69, 9.17) is 4.74 Å². The zero-order valence-electron chi connectivity index (χ0n) is 16.0. The first kappa shape index (κ1) is 21.1. The lowest BCUT2D eigenvalue weighted by atomic mass is 9.67. The third-order valence-electron chi connectivity index (χ3n) is 5.33. The molecule has 0 bridgehead atoms. The number of carboxylic acids is 1. The Hall–Kier alpha value is -2.18. The van der Waals surface area contributed by atoms with Crippen molar-refractivity contribution in [2.24, 2.45) is 5.41 Å². The van der Waals surface area contributed by atoms with Crippen LogP contribution >= 0.6 is 15.9 Å². The smallest absolute Gasteiger partial charge is 0.335 e. The number of methoxy groups -OCH3 is 1. The second-order valence-electron chi connectivity index (χ2n) is 6.87. The van der Waals surface area contributed by atoms with E-state index in [9.17, 15) is 19.8 Å². The molecule has 0 aromatic heterocycles. The summed E-state index contributed by atoms with van der Waals surface area (Å²) >= 11 is 3.25. The molecule has 0 spiro atoms. The highest BCUT2D eigenvalue weighted by atomic mass is 79.9. The van der Waals surface area contributed by atoms with Crippen molar-refractivity contribution < 1.29 is 24.5 Å². The standard InChI is InChI=1S/C21H23BrO5/c1-11-13(3)21(4,19(27-5)12(2)18(11)20(25)26)9-8-16(23)15-7-6-14(22)10-17(15)24/h6-10,19,24H,1-5H3,(H,25,26). The van der Waals surface area contributed by atoms with Gasteiger partial charge in [0.1, 0.15) is 5.75 Å². The van der Waals surface area contributed by atoms with Crippen LogP contribution in [0.1, 0.15) is 38.1 Å². The van der Waals surface area contributed by atoms with Gasteiger partial charge in [0.2, 0.25) is 0 Å². The topological polar surface area (TPSA) is 83.8 Å². The summed E-state index contributed by atoms with van der Waals surface area (Å²) in [6, 6.07) is 4.69. The predicted octanol–water partition coefficient (Wildman–Crippen LogP) is 4.67. The van der Waals surface area contributed by atoms with Crippen molar-refractivity contribution in [3.05, 3.63) is 62.7 Å². The van der Waals surface area contributed by atoms with Crippen LogP contribution in [0.5, 0.6) is 5.75 Å². The molecular weight excluding hydrogens is 412 g/mol. The summed E-state index contributed by atoms with van der Waals surface area (Å²) < 4.78 is 6.30. The van der Waals surface area contributed by atoms with Crippen LogP contribution in [-0.4, -0.2) is 35.2 Å². The Morgan fingerprint density at radius 3 is 2.41 bits per heavy atom. The summed E-state index contributed by atoms with van der Waals surface area (Å²) in [6.45, 7) is 7.26. The molecule has 27 heavy (non-hydrogen) atoms. The fourth-order valence-electron chi connectivity index (χ4n) is 3.68. The number of carbonyl (C=O) groups excluding carboxylic acids is 1. The number of benzene rings is 1. The molecule has 1 aliphatic rings. The van der Waals surface area contributed by atoms with Gasteiger partial charge in [-0.25, -0.2) is 4.79 Å². The third kappa shape index (κ3) is 3.77. The van der Waals surface area contributed by atoms with Crippen LogP contribution in [0, 0.1) is 5.41 Å². The Bertz CT molecular complexity index is 894. The second kappa shape index (κ2) is 7.82. The third-order valence-corrected chi connectivity index (χ3v) is 5.83. The summed E-state index contributed by atoms with van der Waals surface area (Å²) in [4.78, 5) is 24.2. The minimum Gasteiger partial charge on any atom is -0.507 e. The van der Waals surface area contributed by atoms with Crippen molar-refractivity contribution >= 4 is 27.7 Å². The molecule has 2 atom stereocenters. The van der Waals surface area contributed by atoms with E-state index in [0.29, 0.717) is 15.6 Å². The highest BCUT2D eigenvalue weighted by Crippen LogP contribution is 2.45. The number of ether oxygens (including phenoxy) is 1. The summed E-state index contributed by atoms with van der Waals surface area (Å²) in [6.07, 6.45) is 2.62. The fourth-order valence-corrected chi connectivity index (χ4v) is 4.03. The quantitative estimate of drug-likeness (QED) is 0.519. The molecular formula is C21H23BrO5. The Morgan fingerprint density at radius 1 is 1.26 bits per heavy atom. The Balaban J connectivity index is 2.48. The highest BCUT2D eigenvalue weighted by Gasteiger charge is 2.42. The van der Waals surface area contributed by atoms with Gasteiger partial charge in [-0.05, 0) is 63.1 Å². The largest absolute Gasteiger partial charge is 0.507 e. The number of hydrogen-bond donors (Lipinski definition) is 2. The van der Waals surface area contributed by atoms with Gasteiger partial charge >= 0.3 is 5.97 Å². The van der Waals surface area contributed by atoms with Gasteiger partial charge in [-0.3, -0.25) is 4.79 Å². The molecule has 0 fully saturated rings. The lowest BCUT2D eigenvalue weighted by Gasteiger charge is -2.41. The summed E-state index contributed by atoms with van der Waals surface area (Å²) in [5.74, 6) is -1.44. The van der Waals surface area contributed by atoms with Crippen LogP contribution in [0.4, 0.5) is 0 Å². The van der Waals surface area contributed by atoms with Gasteiger partial charge in [-0.1, -0.05) is 27.6 Å². The highest BCUT2D eigenvalue weighted by molar-refractivity contribution is 9.10. The van der Waals surface area contributed by atoms with Gasteiger partial charge in [0.25, 0.3) is 0 Å². The molecule has 144 valence electrons. The number of hydrogen-bond acceptors (Lipinski definition) is 4. The monoisotopic (exact) mass is 434 g/mol. The number of allylic oxidation sites excluding steroid dienone is 1. The zero-order chi connectivity index (χ0) is 20.5. The Kier molecular flexibility index (Phi) is 6.12. The van der Waals surface area contributed by atoms with E-state index in [1.807, 2.05) is 13.8 Å². The average Bonchev–Trinajstić information content (AvgIpc) is 2.58. The molecule has 1 aromatic carbocycles. The molecule has 5 nitrogen and oxygen atoms in total. The first-order chi connectivity index (χ1) is 12.5. The number of carbonyl (C=O) groups is 2. The van der Waals surface area contributed by atoms with Gasteiger partial charge < -0.3 is 14.9 Å². The number of phenolic OH excluding ortho intramolecular Hbond substituents is 1. The molecule has 0 saturated heterocycles. The van der Waals surface area contributed by atoms with Gasteiger partial charge in [0.05, 0.1) is 17.2 Å². The van der Waals surface area contributed by atoms with Gasteiger partial charge in [0.15, 0.2) is 5.78 Å². The average molecular weight is 435 g/mol. The number of aliphatic carboxylic acids is 1. The fraction of sp³-hybridized carbons (Fsp3) is 0.333. The minimum atomic E-state index is -0.992. The molecule has 0 aliphatic heterocycles. The lowest BCUT2D eigenvalue weighted by molar-refractivity contribution is -0.132. The van der Waals surface area contributed by atoms with Crippen molar-refractivity contribution in [1.29, 1.82) is 0 Å².